The number of hydrogen-bond acceptors (Lipinski definition) is 2. The smallest absolute Gasteiger partial charge is 0.101 e. The number of benzene rings is 1. The highest BCUT2D eigenvalue weighted by molar-refractivity contribution is 5.15. The second-order valence-corrected chi connectivity index (χ2v) is 11.0. The van der Waals surface area contributed by atoms with Crippen molar-refractivity contribution in [3.05, 3.63) is 48.3 Å². The Morgan fingerprint density at radius 3 is 1.51 bits per heavy atom. The first-order valence-electron chi connectivity index (χ1n) is 15.6. The van der Waals surface area contributed by atoms with Crippen LogP contribution in [0.1, 0.15) is 148 Å². The van der Waals surface area contributed by atoms with Crippen LogP contribution < -0.4 is 0 Å². The molecule has 1 aromatic carbocycles. The maximum atomic E-state index is 2.63. The molecular weight excluding hydrogens is 424 g/mol. The van der Waals surface area contributed by atoms with Crippen LogP contribution in [0.4, 0.5) is 0 Å². The van der Waals surface area contributed by atoms with Gasteiger partial charge in [0, 0.05) is 25.5 Å². The summed E-state index contributed by atoms with van der Waals surface area (Å²) in [6, 6.07) is 11.0. The number of unbranched alkanes of at least 4 members (excludes halogenated alkanes) is 17. The minimum atomic E-state index is 0.554. The van der Waals surface area contributed by atoms with Gasteiger partial charge in [0.2, 0.25) is 0 Å². The molecule has 0 bridgehead atoms. The SMILES string of the molecule is CCCCCCCCCCCCCCCCCCN1C=CN(Cc2ccccc2)C1CCCCC. The first kappa shape index (κ1) is 29.8. The summed E-state index contributed by atoms with van der Waals surface area (Å²) >= 11 is 0. The Balaban J connectivity index is 1.48. The van der Waals surface area contributed by atoms with Crippen molar-refractivity contribution in [1.29, 1.82) is 0 Å². The van der Waals surface area contributed by atoms with Crippen molar-refractivity contribution in [3.8, 4) is 0 Å². The quantitative estimate of drug-likeness (QED) is 0.143. The maximum absolute atomic E-state index is 2.63. The third-order valence-electron chi connectivity index (χ3n) is 7.76. The van der Waals surface area contributed by atoms with Crippen molar-refractivity contribution >= 4 is 0 Å². The average Bonchev–Trinajstić information content (AvgIpc) is 3.25. The van der Waals surface area contributed by atoms with E-state index in [0.29, 0.717) is 6.17 Å². The lowest BCUT2D eigenvalue weighted by atomic mass is 10.0. The van der Waals surface area contributed by atoms with Gasteiger partial charge in [-0.25, -0.2) is 0 Å². The van der Waals surface area contributed by atoms with Crippen molar-refractivity contribution in [1.82, 2.24) is 9.80 Å². The van der Waals surface area contributed by atoms with Gasteiger partial charge in [0.1, 0.15) is 6.17 Å². The van der Waals surface area contributed by atoms with Crippen molar-refractivity contribution in [3.63, 3.8) is 0 Å². The van der Waals surface area contributed by atoms with E-state index in [1.807, 2.05) is 0 Å². The van der Waals surface area contributed by atoms with Gasteiger partial charge in [0.15, 0.2) is 0 Å². The predicted octanol–water partition coefficient (Wildman–Crippen LogP) is 10.4. The van der Waals surface area contributed by atoms with Crippen LogP contribution in [0, 0.1) is 0 Å². The van der Waals surface area contributed by atoms with Crippen molar-refractivity contribution in [2.24, 2.45) is 0 Å². The molecule has 0 aliphatic carbocycles. The lowest BCUT2D eigenvalue weighted by Gasteiger charge is -2.33. The van der Waals surface area contributed by atoms with Gasteiger partial charge in [-0.15, -0.1) is 0 Å². The Hall–Kier alpha value is -1.44. The molecule has 1 aliphatic heterocycles. The van der Waals surface area contributed by atoms with E-state index in [4.69, 9.17) is 0 Å². The van der Waals surface area contributed by atoms with Crippen molar-refractivity contribution in [2.45, 2.75) is 155 Å². The second-order valence-electron chi connectivity index (χ2n) is 11.0. The van der Waals surface area contributed by atoms with E-state index in [1.165, 1.54) is 141 Å². The molecule has 200 valence electrons. The highest BCUT2D eigenvalue weighted by Crippen LogP contribution is 2.24. The zero-order valence-electron chi connectivity index (χ0n) is 23.6. The molecule has 2 rings (SSSR count). The molecule has 0 fully saturated rings. The van der Waals surface area contributed by atoms with Crippen LogP contribution in [0.15, 0.2) is 42.7 Å². The minimum absolute atomic E-state index is 0.554. The Bertz CT molecular complexity index is 611. The molecule has 1 unspecified atom stereocenters. The van der Waals surface area contributed by atoms with Crippen molar-refractivity contribution in [2.75, 3.05) is 6.54 Å². The fourth-order valence-electron chi connectivity index (χ4n) is 5.49. The van der Waals surface area contributed by atoms with Gasteiger partial charge in [-0.2, -0.15) is 0 Å². The average molecular weight is 483 g/mol. The standard InChI is InChI=1S/C33H58N2/c1-3-5-7-8-9-10-11-12-13-14-15-16-17-18-19-24-28-34-29-30-35(33(34)27-21-6-4-2)31-32-25-22-20-23-26-32/h20,22-23,25-26,29-30,33H,3-19,21,24,27-28,31H2,1-2H3. The molecule has 0 saturated heterocycles. The van der Waals surface area contributed by atoms with Gasteiger partial charge in [-0.05, 0) is 24.8 Å². The lowest BCUT2D eigenvalue weighted by Crippen LogP contribution is -2.38. The van der Waals surface area contributed by atoms with Crippen LogP contribution in [-0.2, 0) is 6.54 Å². The van der Waals surface area contributed by atoms with Crippen LogP contribution in [0.2, 0.25) is 0 Å². The van der Waals surface area contributed by atoms with Gasteiger partial charge in [0.05, 0.1) is 0 Å². The maximum Gasteiger partial charge on any atom is 0.101 e. The van der Waals surface area contributed by atoms with Gasteiger partial charge >= 0.3 is 0 Å². The van der Waals surface area contributed by atoms with Crippen LogP contribution in [0.5, 0.6) is 0 Å². The monoisotopic (exact) mass is 482 g/mol. The van der Waals surface area contributed by atoms with Gasteiger partial charge in [-0.1, -0.05) is 153 Å². The Morgan fingerprint density at radius 1 is 0.514 bits per heavy atom. The van der Waals surface area contributed by atoms with Crippen LogP contribution in [-0.4, -0.2) is 22.5 Å². The van der Waals surface area contributed by atoms with Crippen LogP contribution >= 0.6 is 0 Å². The molecule has 0 N–H and O–H groups in total. The fraction of sp³-hybridized carbons (Fsp3) is 0.758. The Labute approximate surface area is 219 Å². The lowest BCUT2D eigenvalue weighted by molar-refractivity contribution is 0.132. The van der Waals surface area contributed by atoms with E-state index in [2.05, 4.69) is 66.4 Å². The number of hydrogen-bond donors (Lipinski definition) is 0. The topological polar surface area (TPSA) is 6.48 Å². The van der Waals surface area contributed by atoms with Gasteiger partial charge < -0.3 is 9.80 Å². The molecule has 0 spiro atoms. The zero-order chi connectivity index (χ0) is 24.8. The van der Waals surface area contributed by atoms with E-state index >= 15 is 0 Å². The largest absolute Gasteiger partial charge is 0.356 e. The molecule has 0 radical (unpaired) electrons. The van der Waals surface area contributed by atoms with Gasteiger partial charge in [0.25, 0.3) is 0 Å². The first-order chi connectivity index (χ1) is 17.3. The van der Waals surface area contributed by atoms with E-state index in [9.17, 15) is 0 Å². The van der Waals surface area contributed by atoms with E-state index < -0.39 is 0 Å². The van der Waals surface area contributed by atoms with Crippen LogP contribution in [0.25, 0.3) is 0 Å². The molecule has 0 amide bonds. The summed E-state index contributed by atoms with van der Waals surface area (Å²) in [6.07, 6.45) is 33.6. The number of nitrogens with zero attached hydrogens (tertiary/aromatic N) is 2. The molecule has 1 atom stereocenters. The molecule has 0 aromatic heterocycles. The summed E-state index contributed by atoms with van der Waals surface area (Å²) in [7, 11) is 0. The molecular formula is C33H58N2. The van der Waals surface area contributed by atoms with E-state index in [-0.39, 0.29) is 0 Å². The molecule has 2 heteroatoms. The first-order valence-corrected chi connectivity index (χ1v) is 15.6. The highest BCUT2D eigenvalue weighted by atomic mass is 15.4. The highest BCUT2D eigenvalue weighted by Gasteiger charge is 2.25. The second kappa shape index (κ2) is 20.7. The molecule has 1 heterocycles. The molecule has 1 aromatic rings. The number of rotatable bonds is 23. The minimum Gasteiger partial charge on any atom is -0.356 e. The molecule has 2 nitrogen and oxygen atoms in total. The molecule has 1 aliphatic rings. The summed E-state index contributed by atoms with van der Waals surface area (Å²) in [5, 5.41) is 0. The molecule has 0 saturated carbocycles. The van der Waals surface area contributed by atoms with Crippen molar-refractivity contribution < 1.29 is 0 Å². The predicted molar refractivity (Wildman–Crippen MR) is 155 cm³/mol. The molecule has 35 heavy (non-hydrogen) atoms. The fourth-order valence-corrected chi connectivity index (χ4v) is 5.49. The van der Waals surface area contributed by atoms with E-state index in [1.54, 1.807) is 0 Å². The summed E-state index contributed by atoms with van der Waals surface area (Å²) in [4.78, 5) is 5.19. The summed E-state index contributed by atoms with van der Waals surface area (Å²) < 4.78 is 0. The summed E-state index contributed by atoms with van der Waals surface area (Å²) in [5.74, 6) is 0. The Kier molecular flexibility index (Phi) is 17.6. The van der Waals surface area contributed by atoms with Gasteiger partial charge in [-0.3, -0.25) is 0 Å². The third kappa shape index (κ3) is 14.0. The van der Waals surface area contributed by atoms with Crippen LogP contribution in [0.3, 0.4) is 0 Å². The zero-order valence-corrected chi connectivity index (χ0v) is 23.6. The van der Waals surface area contributed by atoms with E-state index in [0.717, 1.165) is 6.54 Å². The third-order valence-corrected chi connectivity index (χ3v) is 7.76. The summed E-state index contributed by atoms with van der Waals surface area (Å²) in [6.45, 7) is 6.86. The normalized spacial score (nSPS) is 15.4. The summed E-state index contributed by atoms with van der Waals surface area (Å²) in [5.41, 5.74) is 1.42. The Morgan fingerprint density at radius 2 is 0.971 bits per heavy atom.